The van der Waals surface area contributed by atoms with E-state index in [-0.39, 0.29) is 81.5 Å². The minimum atomic E-state index is -0.708. The molecule has 0 spiro atoms. The Balaban J connectivity index is 0.000000633. The summed E-state index contributed by atoms with van der Waals surface area (Å²) in [6.45, 7) is 7.42. The van der Waals surface area contributed by atoms with Gasteiger partial charge in [0.25, 0.3) is 0 Å². The fourth-order valence-corrected chi connectivity index (χ4v) is 3.90. The van der Waals surface area contributed by atoms with Gasteiger partial charge in [-0.25, -0.2) is 4.79 Å². The molecule has 4 fully saturated rings. The van der Waals surface area contributed by atoms with Gasteiger partial charge in [0, 0.05) is 18.0 Å². The number of rotatable bonds is 3. The van der Waals surface area contributed by atoms with E-state index < -0.39 is 11.6 Å². The van der Waals surface area contributed by atoms with E-state index in [4.69, 9.17) is 4.74 Å². The Hall–Kier alpha value is 0.986. The first-order valence-electron chi connectivity index (χ1n) is 8.96. The Morgan fingerprint density at radius 1 is 1.24 bits per heavy atom. The summed E-state index contributed by atoms with van der Waals surface area (Å²) in [7, 11) is 0. The molecule has 0 saturated carbocycles. The van der Waals surface area contributed by atoms with Crippen molar-refractivity contribution in [2.24, 2.45) is 5.92 Å². The van der Waals surface area contributed by atoms with Crippen LogP contribution in [0.2, 0.25) is 0 Å². The van der Waals surface area contributed by atoms with Gasteiger partial charge in [-0.1, -0.05) is 33.6 Å². The van der Waals surface area contributed by atoms with E-state index in [1.54, 1.807) is 20.8 Å². The van der Waals surface area contributed by atoms with Crippen molar-refractivity contribution in [1.82, 2.24) is 4.90 Å². The number of ether oxygens (including phenoxy) is 1. The van der Waals surface area contributed by atoms with Crippen molar-refractivity contribution in [3.63, 3.8) is 0 Å². The van der Waals surface area contributed by atoms with Gasteiger partial charge in [0.1, 0.15) is 0 Å². The fourth-order valence-electron chi connectivity index (χ4n) is 3.90. The van der Waals surface area contributed by atoms with Crippen LogP contribution in [0.1, 0.15) is 66.2 Å². The van der Waals surface area contributed by atoms with E-state index in [0.717, 1.165) is 25.7 Å². The van der Waals surface area contributed by atoms with Gasteiger partial charge in [0.15, 0.2) is 11.8 Å². The monoisotopic (exact) mass is 399 g/mol. The zero-order chi connectivity index (χ0) is 17.2. The van der Waals surface area contributed by atoms with Gasteiger partial charge in [0.05, 0.1) is 6.61 Å². The van der Waals surface area contributed by atoms with Crippen LogP contribution in [0.3, 0.4) is 0 Å². The molecule has 4 aliphatic heterocycles. The molecule has 4 rings (SSSR count). The predicted octanol–water partition coefficient (Wildman–Crippen LogP) is -0.905. The van der Waals surface area contributed by atoms with Gasteiger partial charge in [-0.15, -0.1) is 18.0 Å². The number of fused-ring (bicyclic) bond motifs is 1. The second-order valence-electron chi connectivity index (χ2n) is 7.52. The Morgan fingerprint density at radius 3 is 2.12 bits per heavy atom. The van der Waals surface area contributed by atoms with Crippen molar-refractivity contribution in [3.8, 4) is 0 Å². The summed E-state index contributed by atoms with van der Waals surface area (Å²) in [4.78, 5) is 26.3. The van der Waals surface area contributed by atoms with Crippen LogP contribution in [0.15, 0.2) is 0 Å². The van der Waals surface area contributed by atoms with Crippen molar-refractivity contribution in [1.29, 1.82) is 0 Å². The number of esters is 1. The summed E-state index contributed by atoms with van der Waals surface area (Å²) in [5, 5.41) is 10.5. The largest absolute Gasteiger partial charge is 1.00 e. The van der Waals surface area contributed by atoms with Crippen molar-refractivity contribution in [2.75, 3.05) is 6.61 Å². The molecule has 4 saturated heterocycles. The molecule has 4 aliphatic rings. The summed E-state index contributed by atoms with van der Waals surface area (Å²) in [6, 6.07) is 0.303. The number of ketones is 1. The van der Waals surface area contributed by atoms with Gasteiger partial charge in [0.2, 0.25) is 0 Å². The average Bonchev–Trinajstić information content (AvgIpc) is 2.47. The number of hydrogen-bond acceptors (Lipinski definition) is 5. The van der Waals surface area contributed by atoms with Crippen LogP contribution in [0.5, 0.6) is 0 Å². The van der Waals surface area contributed by atoms with Crippen molar-refractivity contribution in [2.45, 2.75) is 89.9 Å². The predicted molar refractivity (Wildman–Crippen MR) is 93.0 cm³/mol. The molecule has 4 heterocycles. The third-order valence-corrected chi connectivity index (χ3v) is 5.36. The molecule has 0 aliphatic carbocycles. The number of carbonyl (C=O) groups is 2. The molecule has 0 aromatic rings. The van der Waals surface area contributed by atoms with Crippen molar-refractivity contribution >= 4 is 24.2 Å². The molecule has 0 amide bonds. The molecule has 4 bridgehead atoms. The Labute approximate surface area is 200 Å². The van der Waals surface area contributed by atoms with E-state index in [1.807, 2.05) is 6.92 Å². The molecule has 0 aromatic carbocycles. The standard InChI is InChI=1S/C13H19NO3.C5H11O.ClH.K/c1-2-17-13(16)11-12(15)8-6-9-4-3-5-10(7-8)14(9)11;1-4-5(2,3)6;;/h8-11H,2-7H2,1H3;4H2,1-3H3;1H;/q;-1;;+1. The molecule has 3 unspecified atom stereocenters. The normalized spacial score (nSPS) is 32.5. The zero-order valence-electron chi connectivity index (χ0n) is 16.2. The Morgan fingerprint density at radius 2 is 1.72 bits per heavy atom. The molecule has 0 radical (unpaired) electrons. The molecule has 0 aromatic heterocycles. The molecule has 25 heavy (non-hydrogen) atoms. The Bertz CT molecular complexity index is 441. The molecule has 0 N–H and O–H groups in total. The SMILES string of the molecule is CCC(C)(C)[O-].CCOC(=O)C1C(=O)C2CC3CCCC(C2)N31.Cl.[K+]. The first-order chi connectivity index (χ1) is 10.8. The van der Waals surface area contributed by atoms with Crippen LogP contribution in [0.4, 0.5) is 0 Å². The van der Waals surface area contributed by atoms with E-state index >= 15 is 0 Å². The minimum absolute atomic E-state index is 0. The van der Waals surface area contributed by atoms with Crippen molar-refractivity contribution in [3.05, 3.63) is 0 Å². The third kappa shape index (κ3) is 6.52. The second kappa shape index (κ2) is 11.1. The van der Waals surface area contributed by atoms with Crippen molar-refractivity contribution < 1.29 is 70.8 Å². The average molecular weight is 400 g/mol. The van der Waals surface area contributed by atoms with Crippen LogP contribution >= 0.6 is 12.4 Å². The van der Waals surface area contributed by atoms with Crippen LogP contribution in [-0.4, -0.2) is 47.0 Å². The number of nitrogens with zero attached hydrogens (tertiary/aromatic N) is 1. The summed E-state index contributed by atoms with van der Waals surface area (Å²) < 4.78 is 5.07. The van der Waals surface area contributed by atoms with E-state index in [1.165, 1.54) is 6.42 Å². The van der Waals surface area contributed by atoms with Gasteiger partial charge in [-0.2, -0.15) is 0 Å². The van der Waals surface area contributed by atoms with Gasteiger partial charge in [-0.3, -0.25) is 9.69 Å². The van der Waals surface area contributed by atoms with E-state index in [2.05, 4.69) is 4.90 Å². The van der Waals surface area contributed by atoms with Crippen LogP contribution < -0.4 is 56.5 Å². The zero-order valence-corrected chi connectivity index (χ0v) is 20.2. The first kappa shape index (κ1) is 26.0. The summed E-state index contributed by atoms with van der Waals surface area (Å²) in [6.07, 6.45) is 6.15. The fraction of sp³-hybridized carbons (Fsp3) is 0.889. The maximum Gasteiger partial charge on any atom is 1.00 e. The molecule has 5 nitrogen and oxygen atoms in total. The third-order valence-electron chi connectivity index (χ3n) is 5.36. The molecular formula is C18H31ClKNO4. The minimum Gasteiger partial charge on any atom is -0.850 e. The first-order valence-corrected chi connectivity index (χ1v) is 8.96. The molecule has 140 valence electrons. The number of hydrogen-bond donors (Lipinski definition) is 0. The van der Waals surface area contributed by atoms with Crippen LogP contribution in [0, 0.1) is 5.92 Å². The summed E-state index contributed by atoms with van der Waals surface area (Å²) in [5.74, 6) is -0.0960. The number of halogens is 1. The van der Waals surface area contributed by atoms with Gasteiger partial charge >= 0.3 is 57.4 Å². The number of Topliss-reactive ketones (excluding diaryl/α,β-unsaturated/α-hetero) is 1. The Kier molecular flexibility index (Phi) is 11.5. The number of carbonyl (C=O) groups excluding carboxylic acids is 2. The van der Waals surface area contributed by atoms with E-state index in [9.17, 15) is 14.7 Å². The summed E-state index contributed by atoms with van der Waals surface area (Å²) >= 11 is 0. The van der Waals surface area contributed by atoms with Gasteiger partial charge in [-0.05, 0) is 32.6 Å². The number of piperidine rings is 4. The molecule has 3 atom stereocenters. The second-order valence-corrected chi connectivity index (χ2v) is 7.52. The topological polar surface area (TPSA) is 69.7 Å². The maximum absolute atomic E-state index is 12.2. The maximum atomic E-state index is 12.2. The molecule has 7 heteroatoms. The van der Waals surface area contributed by atoms with Crippen LogP contribution in [0.25, 0.3) is 0 Å². The molecular weight excluding hydrogens is 369 g/mol. The quantitative estimate of drug-likeness (QED) is 0.349. The van der Waals surface area contributed by atoms with Crippen LogP contribution in [-0.2, 0) is 14.3 Å². The van der Waals surface area contributed by atoms with Gasteiger partial charge < -0.3 is 9.84 Å². The van der Waals surface area contributed by atoms with E-state index in [0.29, 0.717) is 25.1 Å². The summed E-state index contributed by atoms with van der Waals surface area (Å²) in [5.41, 5.74) is -0.708. The smallest absolute Gasteiger partial charge is 0.850 e.